The molecule has 0 aromatic heterocycles. The summed E-state index contributed by atoms with van der Waals surface area (Å²) in [6.07, 6.45) is 0.643. The summed E-state index contributed by atoms with van der Waals surface area (Å²) in [4.78, 5) is 21.6. The van der Waals surface area contributed by atoms with E-state index in [4.69, 9.17) is 5.11 Å². The Morgan fingerprint density at radius 1 is 1.46 bits per heavy atom. The Balaban J connectivity index is 3.40. The Bertz CT molecular complexity index is 170. The van der Waals surface area contributed by atoms with Gasteiger partial charge in [0.05, 0.1) is 6.61 Å². The fourth-order valence-electron chi connectivity index (χ4n) is 0.711. The Morgan fingerprint density at radius 2 is 2.15 bits per heavy atom. The molecule has 76 valence electrons. The van der Waals surface area contributed by atoms with E-state index in [0.717, 1.165) is 0 Å². The molecule has 0 radical (unpaired) electrons. The lowest BCUT2D eigenvalue weighted by molar-refractivity contribution is -0.143. The number of aliphatic hydroxyl groups is 1. The number of nitrogens with one attached hydrogen (secondary N) is 1. The average Bonchev–Trinajstić information content (AvgIpc) is 2.12. The molecule has 0 aliphatic rings. The van der Waals surface area contributed by atoms with Crippen molar-refractivity contribution in [3.05, 3.63) is 0 Å². The number of amides is 1. The third-order valence-corrected chi connectivity index (χ3v) is 1.30. The van der Waals surface area contributed by atoms with Gasteiger partial charge >= 0.3 is 5.97 Å². The average molecular weight is 189 g/mol. The Hall–Kier alpha value is -1.10. The molecular formula is C8H15NO4. The van der Waals surface area contributed by atoms with Gasteiger partial charge in [0.25, 0.3) is 0 Å². The zero-order chi connectivity index (χ0) is 10.1. The first-order chi connectivity index (χ1) is 6.20. The SMILES string of the molecule is CCOC(=O)CNC(=O)CCCO. The normalized spacial score (nSPS) is 9.38. The predicted molar refractivity (Wildman–Crippen MR) is 46.0 cm³/mol. The molecule has 0 rings (SSSR count). The number of esters is 1. The van der Waals surface area contributed by atoms with Crippen LogP contribution < -0.4 is 5.32 Å². The second kappa shape index (κ2) is 7.54. The highest BCUT2D eigenvalue weighted by Crippen LogP contribution is 1.86. The second-order valence-corrected chi connectivity index (χ2v) is 2.41. The lowest BCUT2D eigenvalue weighted by atomic mass is 10.3. The van der Waals surface area contributed by atoms with E-state index in [0.29, 0.717) is 13.0 Å². The van der Waals surface area contributed by atoms with Crippen molar-refractivity contribution in [2.24, 2.45) is 0 Å². The van der Waals surface area contributed by atoms with Gasteiger partial charge in [-0.2, -0.15) is 0 Å². The molecule has 5 heteroatoms. The molecule has 2 N–H and O–H groups in total. The van der Waals surface area contributed by atoms with E-state index in [1.54, 1.807) is 6.92 Å². The molecular weight excluding hydrogens is 174 g/mol. The quantitative estimate of drug-likeness (QED) is 0.549. The van der Waals surface area contributed by atoms with E-state index in [-0.39, 0.29) is 25.5 Å². The predicted octanol–water partition coefficient (Wildman–Crippen LogP) is -0.562. The first-order valence-electron chi connectivity index (χ1n) is 4.24. The van der Waals surface area contributed by atoms with Crippen molar-refractivity contribution < 1.29 is 19.4 Å². The fourth-order valence-corrected chi connectivity index (χ4v) is 0.711. The summed E-state index contributed by atoms with van der Waals surface area (Å²) >= 11 is 0. The van der Waals surface area contributed by atoms with Crippen molar-refractivity contribution in [1.82, 2.24) is 5.32 Å². The van der Waals surface area contributed by atoms with E-state index >= 15 is 0 Å². The summed E-state index contributed by atoms with van der Waals surface area (Å²) in [7, 11) is 0. The highest BCUT2D eigenvalue weighted by atomic mass is 16.5. The van der Waals surface area contributed by atoms with Crippen LogP contribution in [0.5, 0.6) is 0 Å². The van der Waals surface area contributed by atoms with Gasteiger partial charge in [-0.05, 0) is 13.3 Å². The van der Waals surface area contributed by atoms with E-state index in [2.05, 4.69) is 10.1 Å². The first-order valence-corrected chi connectivity index (χ1v) is 4.24. The molecule has 0 saturated carbocycles. The van der Waals surface area contributed by atoms with Gasteiger partial charge in [0, 0.05) is 13.0 Å². The number of hydrogen-bond donors (Lipinski definition) is 2. The number of rotatable bonds is 6. The maximum Gasteiger partial charge on any atom is 0.325 e. The number of aliphatic hydroxyl groups excluding tert-OH is 1. The smallest absolute Gasteiger partial charge is 0.325 e. The minimum atomic E-state index is -0.445. The van der Waals surface area contributed by atoms with Crippen LogP contribution >= 0.6 is 0 Å². The first kappa shape index (κ1) is 11.9. The van der Waals surface area contributed by atoms with Crippen molar-refractivity contribution >= 4 is 11.9 Å². The monoisotopic (exact) mass is 189 g/mol. The molecule has 5 nitrogen and oxygen atoms in total. The zero-order valence-corrected chi connectivity index (χ0v) is 7.71. The minimum Gasteiger partial charge on any atom is -0.465 e. The van der Waals surface area contributed by atoms with Gasteiger partial charge in [-0.15, -0.1) is 0 Å². The van der Waals surface area contributed by atoms with Crippen LogP contribution in [0.4, 0.5) is 0 Å². The van der Waals surface area contributed by atoms with Crippen molar-refractivity contribution in [3.8, 4) is 0 Å². The molecule has 13 heavy (non-hydrogen) atoms. The van der Waals surface area contributed by atoms with Crippen LogP contribution in [0.2, 0.25) is 0 Å². The lowest BCUT2D eigenvalue weighted by Gasteiger charge is -2.03. The molecule has 0 atom stereocenters. The molecule has 0 unspecified atom stereocenters. The number of carbonyl (C=O) groups excluding carboxylic acids is 2. The van der Waals surface area contributed by atoms with Crippen molar-refractivity contribution in [2.45, 2.75) is 19.8 Å². The molecule has 0 bridgehead atoms. The van der Waals surface area contributed by atoms with Gasteiger partial charge < -0.3 is 15.2 Å². The van der Waals surface area contributed by atoms with Crippen LogP contribution in [0.3, 0.4) is 0 Å². The molecule has 0 aliphatic heterocycles. The van der Waals surface area contributed by atoms with Gasteiger partial charge in [0.2, 0.25) is 5.91 Å². The summed E-state index contributed by atoms with van der Waals surface area (Å²) in [6, 6.07) is 0. The van der Waals surface area contributed by atoms with E-state index < -0.39 is 5.97 Å². The van der Waals surface area contributed by atoms with Gasteiger partial charge in [-0.3, -0.25) is 9.59 Å². The molecule has 0 aromatic carbocycles. The van der Waals surface area contributed by atoms with Gasteiger partial charge in [-0.25, -0.2) is 0 Å². The van der Waals surface area contributed by atoms with Gasteiger partial charge in [-0.1, -0.05) is 0 Å². The van der Waals surface area contributed by atoms with Gasteiger partial charge in [0.15, 0.2) is 0 Å². The summed E-state index contributed by atoms with van der Waals surface area (Å²) in [5, 5.41) is 10.8. The van der Waals surface area contributed by atoms with Gasteiger partial charge in [0.1, 0.15) is 6.54 Å². The minimum absolute atomic E-state index is 0.0210. The van der Waals surface area contributed by atoms with Crippen LogP contribution in [0.25, 0.3) is 0 Å². The lowest BCUT2D eigenvalue weighted by Crippen LogP contribution is -2.30. The maximum absolute atomic E-state index is 10.9. The largest absolute Gasteiger partial charge is 0.465 e. The molecule has 0 aliphatic carbocycles. The summed E-state index contributed by atoms with van der Waals surface area (Å²) in [5.74, 6) is -0.693. The summed E-state index contributed by atoms with van der Waals surface area (Å²) in [5.41, 5.74) is 0. The van der Waals surface area contributed by atoms with Crippen molar-refractivity contribution in [2.75, 3.05) is 19.8 Å². The van der Waals surface area contributed by atoms with Crippen molar-refractivity contribution in [1.29, 1.82) is 0 Å². The summed E-state index contributed by atoms with van der Waals surface area (Å²) < 4.78 is 4.59. The van der Waals surface area contributed by atoms with E-state index in [9.17, 15) is 9.59 Å². The molecule has 0 aromatic rings. The van der Waals surface area contributed by atoms with E-state index in [1.807, 2.05) is 0 Å². The Morgan fingerprint density at radius 3 is 2.69 bits per heavy atom. The standard InChI is InChI=1S/C8H15NO4/c1-2-13-8(12)6-9-7(11)4-3-5-10/h10H,2-6H2,1H3,(H,9,11). The number of carbonyl (C=O) groups is 2. The van der Waals surface area contributed by atoms with Crippen molar-refractivity contribution in [3.63, 3.8) is 0 Å². The molecule has 0 fully saturated rings. The second-order valence-electron chi connectivity index (χ2n) is 2.41. The topological polar surface area (TPSA) is 75.6 Å². The third-order valence-electron chi connectivity index (χ3n) is 1.30. The van der Waals surface area contributed by atoms with E-state index in [1.165, 1.54) is 0 Å². The molecule has 1 amide bonds. The van der Waals surface area contributed by atoms with Crippen LogP contribution in [0.15, 0.2) is 0 Å². The van der Waals surface area contributed by atoms with Crippen LogP contribution in [-0.2, 0) is 14.3 Å². The number of ether oxygens (including phenoxy) is 1. The summed E-state index contributed by atoms with van der Waals surface area (Å²) in [6.45, 7) is 1.89. The maximum atomic E-state index is 10.9. The Labute approximate surface area is 77.1 Å². The third kappa shape index (κ3) is 7.27. The number of hydrogen-bond acceptors (Lipinski definition) is 4. The highest BCUT2D eigenvalue weighted by molar-refractivity contribution is 5.81. The zero-order valence-electron chi connectivity index (χ0n) is 7.71. The molecule has 0 saturated heterocycles. The molecule has 0 spiro atoms. The van der Waals surface area contributed by atoms with Crippen LogP contribution in [0, 0.1) is 0 Å². The van der Waals surface area contributed by atoms with Crippen LogP contribution in [0.1, 0.15) is 19.8 Å². The van der Waals surface area contributed by atoms with Crippen LogP contribution in [-0.4, -0.2) is 36.7 Å². The highest BCUT2D eigenvalue weighted by Gasteiger charge is 2.04. The molecule has 0 heterocycles. The Kier molecular flexibility index (Phi) is 6.91. The fraction of sp³-hybridized carbons (Fsp3) is 0.750.